The molecule has 0 radical (unpaired) electrons. The Kier molecular flexibility index (Phi) is 9.82. The van der Waals surface area contributed by atoms with Gasteiger partial charge in [0.05, 0.1) is 12.6 Å². The Morgan fingerprint density at radius 3 is 1.36 bits per heavy atom. The SMILES string of the molecule is CC(C)(C)NCC(=O)C(C)(C)C.CC(NC(C)(C)C)C(=O)C(C)(C)C. The third-order valence-electron chi connectivity index (χ3n) is 3.40. The number of carbonyl (C=O) groups is 2. The summed E-state index contributed by atoms with van der Waals surface area (Å²) >= 11 is 0. The van der Waals surface area contributed by atoms with E-state index in [-0.39, 0.29) is 39.5 Å². The van der Waals surface area contributed by atoms with Crippen molar-refractivity contribution in [3.63, 3.8) is 0 Å². The molecule has 0 aliphatic carbocycles. The second kappa shape index (κ2) is 9.27. The van der Waals surface area contributed by atoms with Gasteiger partial charge in [0.2, 0.25) is 0 Å². The zero-order valence-corrected chi connectivity index (χ0v) is 19.1. The lowest BCUT2D eigenvalue weighted by molar-refractivity contribution is -0.128. The molecular weight excluding hydrogens is 312 g/mol. The van der Waals surface area contributed by atoms with Crippen LogP contribution in [0.4, 0.5) is 0 Å². The Bertz CT molecular complexity index is 427. The van der Waals surface area contributed by atoms with Crippen molar-refractivity contribution in [2.45, 2.75) is 107 Å². The van der Waals surface area contributed by atoms with E-state index in [4.69, 9.17) is 0 Å². The normalized spacial score (nSPS) is 14.4. The Morgan fingerprint density at radius 1 is 0.720 bits per heavy atom. The fraction of sp³-hybridized carbons (Fsp3) is 0.905. The Morgan fingerprint density at radius 2 is 1.12 bits per heavy atom. The van der Waals surface area contributed by atoms with E-state index in [1.807, 2.05) is 48.5 Å². The molecule has 0 bridgehead atoms. The van der Waals surface area contributed by atoms with Crippen molar-refractivity contribution in [3.05, 3.63) is 0 Å². The summed E-state index contributed by atoms with van der Waals surface area (Å²) in [5.41, 5.74) is -0.447. The number of carbonyl (C=O) groups excluding carboxylic acids is 2. The minimum absolute atomic E-state index is 0.000324. The number of nitrogens with one attached hydrogen (secondary N) is 2. The molecule has 0 rings (SSSR count). The van der Waals surface area contributed by atoms with Crippen LogP contribution in [0.2, 0.25) is 0 Å². The number of Topliss-reactive ketones (excluding diaryl/α,β-unsaturated/α-hetero) is 2. The molecule has 0 amide bonds. The molecule has 0 aliphatic heterocycles. The Labute approximate surface area is 156 Å². The summed E-state index contributed by atoms with van der Waals surface area (Å²) in [6.45, 7) is 26.5. The molecule has 4 nitrogen and oxygen atoms in total. The van der Waals surface area contributed by atoms with Gasteiger partial charge in [-0.25, -0.2) is 0 Å². The Balaban J connectivity index is 0. The van der Waals surface area contributed by atoms with Gasteiger partial charge in [0, 0.05) is 21.9 Å². The molecule has 2 N–H and O–H groups in total. The van der Waals surface area contributed by atoms with Crippen LogP contribution in [0.15, 0.2) is 0 Å². The average molecular weight is 357 g/mol. The van der Waals surface area contributed by atoms with Crippen molar-refractivity contribution >= 4 is 11.6 Å². The molecular formula is C21H44N2O2. The average Bonchev–Trinajstić information content (AvgIpc) is 2.30. The molecule has 0 spiro atoms. The molecule has 25 heavy (non-hydrogen) atoms. The van der Waals surface area contributed by atoms with Crippen molar-refractivity contribution in [1.82, 2.24) is 10.6 Å². The van der Waals surface area contributed by atoms with Crippen molar-refractivity contribution in [1.29, 1.82) is 0 Å². The quantitative estimate of drug-likeness (QED) is 0.785. The summed E-state index contributed by atoms with van der Waals surface area (Å²) < 4.78 is 0. The summed E-state index contributed by atoms with van der Waals surface area (Å²) in [6.07, 6.45) is 0. The topological polar surface area (TPSA) is 58.2 Å². The minimum atomic E-state index is -0.252. The Hall–Kier alpha value is -0.740. The van der Waals surface area contributed by atoms with Gasteiger partial charge in [0.1, 0.15) is 0 Å². The molecule has 0 saturated carbocycles. The lowest BCUT2D eigenvalue weighted by Crippen LogP contribution is -2.49. The van der Waals surface area contributed by atoms with Crippen molar-refractivity contribution in [3.8, 4) is 0 Å². The highest BCUT2D eigenvalue weighted by Gasteiger charge is 2.28. The number of hydrogen-bond donors (Lipinski definition) is 2. The van der Waals surface area contributed by atoms with E-state index in [9.17, 15) is 9.59 Å². The van der Waals surface area contributed by atoms with Crippen molar-refractivity contribution in [2.75, 3.05) is 6.54 Å². The first-order valence-corrected chi connectivity index (χ1v) is 9.27. The van der Waals surface area contributed by atoms with Crippen LogP contribution in [0.1, 0.15) is 90.0 Å². The van der Waals surface area contributed by atoms with Crippen molar-refractivity contribution in [2.24, 2.45) is 10.8 Å². The van der Waals surface area contributed by atoms with Crippen LogP contribution in [0.25, 0.3) is 0 Å². The molecule has 150 valence electrons. The summed E-state index contributed by atoms with van der Waals surface area (Å²) in [6, 6.07) is -0.0694. The number of rotatable bonds is 4. The molecule has 0 aromatic rings. The van der Waals surface area contributed by atoms with Crippen LogP contribution < -0.4 is 10.6 Å². The fourth-order valence-corrected chi connectivity index (χ4v) is 1.98. The van der Waals surface area contributed by atoms with Gasteiger partial charge in [-0.05, 0) is 48.5 Å². The van der Waals surface area contributed by atoms with Crippen LogP contribution in [0.5, 0.6) is 0 Å². The van der Waals surface area contributed by atoms with Crippen LogP contribution in [0.3, 0.4) is 0 Å². The fourth-order valence-electron chi connectivity index (χ4n) is 1.98. The zero-order chi connectivity index (χ0) is 20.9. The molecule has 0 saturated heterocycles. The second-order valence-electron chi connectivity index (χ2n) is 11.0. The number of ketones is 2. The van der Waals surface area contributed by atoms with E-state index in [2.05, 4.69) is 52.2 Å². The maximum atomic E-state index is 11.8. The predicted octanol–water partition coefficient (Wildman–Crippen LogP) is 4.37. The molecule has 4 heteroatoms. The standard InChI is InChI=1S/C11H23NO.C10H21NO/c1-8(12-11(5,6)7)9(13)10(2,3)4;1-9(2,3)8(12)7-11-10(4,5)6/h8,12H,1-7H3;11H,7H2,1-6H3. The van der Waals surface area contributed by atoms with Crippen LogP contribution in [-0.2, 0) is 9.59 Å². The lowest BCUT2D eigenvalue weighted by Gasteiger charge is -2.29. The lowest BCUT2D eigenvalue weighted by atomic mass is 9.86. The first kappa shape index (κ1) is 26.5. The molecule has 1 unspecified atom stereocenters. The second-order valence-corrected chi connectivity index (χ2v) is 11.0. The minimum Gasteiger partial charge on any atom is -0.305 e. The van der Waals surface area contributed by atoms with Crippen LogP contribution in [0, 0.1) is 10.8 Å². The third kappa shape index (κ3) is 15.2. The summed E-state index contributed by atoms with van der Waals surface area (Å²) in [5.74, 6) is 0.528. The number of hydrogen-bond acceptors (Lipinski definition) is 4. The van der Waals surface area contributed by atoms with E-state index >= 15 is 0 Å². The van der Waals surface area contributed by atoms with Gasteiger partial charge in [0.15, 0.2) is 11.6 Å². The van der Waals surface area contributed by atoms with E-state index in [0.717, 1.165) is 0 Å². The van der Waals surface area contributed by atoms with Crippen LogP contribution >= 0.6 is 0 Å². The van der Waals surface area contributed by atoms with E-state index in [0.29, 0.717) is 6.54 Å². The van der Waals surface area contributed by atoms with E-state index < -0.39 is 0 Å². The third-order valence-corrected chi connectivity index (χ3v) is 3.40. The predicted molar refractivity (Wildman–Crippen MR) is 109 cm³/mol. The van der Waals surface area contributed by atoms with E-state index in [1.54, 1.807) is 0 Å². The first-order valence-electron chi connectivity index (χ1n) is 9.27. The zero-order valence-electron chi connectivity index (χ0n) is 19.1. The highest BCUT2D eigenvalue weighted by Crippen LogP contribution is 2.18. The molecule has 0 aromatic carbocycles. The summed E-state index contributed by atoms with van der Waals surface area (Å²) in [5, 5.41) is 6.45. The summed E-state index contributed by atoms with van der Waals surface area (Å²) in [7, 11) is 0. The maximum Gasteiger partial charge on any atom is 0.154 e. The highest BCUT2D eigenvalue weighted by molar-refractivity contribution is 5.88. The van der Waals surface area contributed by atoms with Gasteiger partial charge < -0.3 is 10.6 Å². The smallest absolute Gasteiger partial charge is 0.154 e. The molecule has 0 aromatic heterocycles. The highest BCUT2D eigenvalue weighted by atomic mass is 16.1. The first-order chi connectivity index (χ1) is 10.7. The van der Waals surface area contributed by atoms with Gasteiger partial charge >= 0.3 is 0 Å². The van der Waals surface area contributed by atoms with Gasteiger partial charge in [-0.2, -0.15) is 0 Å². The van der Waals surface area contributed by atoms with Crippen molar-refractivity contribution < 1.29 is 9.59 Å². The monoisotopic (exact) mass is 356 g/mol. The largest absolute Gasteiger partial charge is 0.305 e. The van der Waals surface area contributed by atoms with Gasteiger partial charge in [-0.3, -0.25) is 9.59 Å². The maximum absolute atomic E-state index is 11.8. The summed E-state index contributed by atoms with van der Waals surface area (Å²) in [4.78, 5) is 23.2. The molecule has 1 atom stereocenters. The van der Waals surface area contributed by atoms with Gasteiger partial charge in [-0.1, -0.05) is 41.5 Å². The van der Waals surface area contributed by atoms with Crippen LogP contribution in [-0.4, -0.2) is 35.2 Å². The van der Waals surface area contributed by atoms with Gasteiger partial charge in [0.25, 0.3) is 0 Å². The molecule has 0 heterocycles. The van der Waals surface area contributed by atoms with Gasteiger partial charge in [-0.15, -0.1) is 0 Å². The van der Waals surface area contributed by atoms with E-state index in [1.165, 1.54) is 0 Å². The molecule has 0 fully saturated rings. The molecule has 0 aliphatic rings.